The van der Waals surface area contributed by atoms with E-state index in [0.29, 0.717) is 10.6 Å². The van der Waals surface area contributed by atoms with E-state index in [2.05, 4.69) is 4.98 Å². The zero-order valence-electron chi connectivity index (χ0n) is 8.84. The second-order valence-corrected chi connectivity index (χ2v) is 3.87. The van der Waals surface area contributed by atoms with E-state index in [1.807, 2.05) is 0 Å². The second-order valence-electron chi connectivity index (χ2n) is 2.65. The standard InChI is InChI=1S/C8H7N2OS.C2H4O2/c1-6(11)12-8-5-3-2-4-7(8)10-9;1-2(3)4/h2-5H,1H3;1H3,(H,3,4)/q+1;/p-1. The molecule has 1 rings (SSSR count). The predicted octanol–water partition coefficient (Wildman–Crippen LogP) is 1.57. The number of rotatable bonds is 1. The predicted molar refractivity (Wildman–Crippen MR) is 58.4 cm³/mol. The number of thioether (sulfide) groups is 1. The normalized spacial score (nSPS) is 8.31. The topological polar surface area (TPSA) is 85.3 Å². The lowest BCUT2D eigenvalue weighted by Crippen LogP contribution is -2.16. The molecule has 0 heterocycles. The van der Waals surface area contributed by atoms with Gasteiger partial charge in [0.25, 0.3) is 0 Å². The van der Waals surface area contributed by atoms with Crippen molar-refractivity contribution in [1.82, 2.24) is 0 Å². The average Bonchev–Trinajstić information content (AvgIpc) is 2.17. The molecule has 1 aromatic carbocycles. The van der Waals surface area contributed by atoms with E-state index in [4.69, 9.17) is 15.3 Å². The summed E-state index contributed by atoms with van der Waals surface area (Å²) in [5.41, 5.74) is 0.428. The number of diazo groups is 1. The first-order valence-corrected chi connectivity index (χ1v) is 5.09. The van der Waals surface area contributed by atoms with Crippen molar-refractivity contribution >= 4 is 28.5 Å². The van der Waals surface area contributed by atoms with Crippen LogP contribution in [0.2, 0.25) is 0 Å². The zero-order chi connectivity index (χ0) is 12.6. The Balaban J connectivity index is 0.000000487. The molecule has 0 spiro atoms. The first kappa shape index (κ1) is 14.1. The summed E-state index contributed by atoms with van der Waals surface area (Å²) in [7, 11) is 0. The van der Waals surface area contributed by atoms with Gasteiger partial charge in [-0.25, -0.2) is 0 Å². The molecule has 0 radical (unpaired) electrons. The molecule has 0 unspecified atom stereocenters. The molecule has 0 saturated carbocycles. The van der Waals surface area contributed by atoms with Crippen molar-refractivity contribution in [3.63, 3.8) is 0 Å². The molecule has 0 saturated heterocycles. The van der Waals surface area contributed by atoms with Crippen LogP contribution in [0.25, 0.3) is 4.98 Å². The number of hydrogen-bond donors (Lipinski definition) is 0. The van der Waals surface area contributed by atoms with Crippen molar-refractivity contribution in [2.75, 3.05) is 0 Å². The van der Waals surface area contributed by atoms with Gasteiger partial charge in [0.2, 0.25) is 5.39 Å². The van der Waals surface area contributed by atoms with Gasteiger partial charge in [0.15, 0.2) is 10.1 Å². The van der Waals surface area contributed by atoms with Crippen molar-refractivity contribution in [3.05, 3.63) is 29.2 Å². The summed E-state index contributed by atoms with van der Waals surface area (Å²) in [5, 5.41) is 17.4. The van der Waals surface area contributed by atoms with Crippen molar-refractivity contribution in [1.29, 1.82) is 5.39 Å². The number of carboxylic acids is 1. The highest BCUT2D eigenvalue weighted by Gasteiger charge is 2.13. The van der Waals surface area contributed by atoms with Crippen molar-refractivity contribution in [2.24, 2.45) is 0 Å². The number of hydrogen-bond acceptors (Lipinski definition) is 5. The van der Waals surface area contributed by atoms with Gasteiger partial charge in [-0.15, -0.1) is 0 Å². The Morgan fingerprint density at radius 2 is 1.81 bits per heavy atom. The van der Waals surface area contributed by atoms with Crippen LogP contribution >= 0.6 is 11.8 Å². The monoisotopic (exact) mass is 238 g/mol. The number of benzene rings is 1. The Hall–Kier alpha value is -1.87. The Labute approximate surface area is 97.1 Å². The van der Waals surface area contributed by atoms with Gasteiger partial charge >= 0.3 is 5.69 Å². The zero-order valence-corrected chi connectivity index (χ0v) is 9.65. The lowest BCUT2D eigenvalue weighted by molar-refractivity contribution is -0.302. The molecule has 0 aliphatic rings. The summed E-state index contributed by atoms with van der Waals surface area (Å²) in [6.45, 7) is 2.44. The van der Waals surface area contributed by atoms with Crippen LogP contribution in [0.1, 0.15) is 13.8 Å². The molecule has 0 atom stereocenters. The van der Waals surface area contributed by atoms with E-state index in [1.54, 1.807) is 24.3 Å². The first-order chi connectivity index (χ1) is 7.47. The van der Waals surface area contributed by atoms with Crippen LogP contribution < -0.4 is 5.11 Å². The lowest BCUT2D eigenvalue weighted by atomic mass is 10.3. The van der Waals surface area contributed by atoms with Crippen LogP contribution in [0.15, 0.2) is 29.2 Å². The average molecular weight is 238 g/mol. The summed E-state index contributed by atoms with van der Waals surface area (Å²) in [6, 6.07) is 6.92. The minimum atomic E-state index is -1.08. The maximum atomic E-state index is 10.7. The molecule has 0 fully saturated rings. The third-order valence-corrected chi connectivity index (χ3v) is 2.08. The molecule has 0 aromatic heterocycles. The van der Waals surface area contributed by atoms with Gasteiger partial charge in [0.1, 0.15) is 4.90 Å². The van der Waals surface area contributed by atoms with Crippen LogP contribution in [0.4, 0.5) is 5.69 Å². The Kier molecular flexibility index (Phi) is 6.56. The van der Waals surface area contributed by atoms with Gasteiger partial charge in [-0.3, -0.25) is 4.79 Å². The van der Waals surface area contributed by atoms with Crippen LogP contribution in [-0.2, 0) is 9.59 Å². The maximum Gasteiger partial charge on any atom is 0.398 e. The molecule has 16 heavy (non-hydrogen) atoms. The Bertz CT molecular complexity index is 422. The molecule has 0 bridgehead atoms. The van der Waals surface area contributed by atoms with E-state index in [9.17, 15) is 4.79 Å². The van der Waals surface area contributed by atoms with Crippen molar-refractivity contribution < 1.29 is 14.7 Å². The molecular formula is C10H10N2O3S. The largest absolute Gasteiger partial charge is 0.550 e. The molecule has 84 valence electrons. The molecule has 0 aliphatic carbocycles. The van der Waals surface area contributed by atoms with Crippen LogP contribution in [0.3, 0.4) is 0 Å². The molecule has 0 N–H and O–H groups in total. The van der Waals surface area contributed by atoms with E-state index < -0.39 is 5.97 Å². The highest BCUT2D eigenvalue weighted by atomic mass is 32.2. The van der Waals surface area contributed by atoms with Crippen molar-refractivity contribution in [2.45, 2.75) is 18.7 Å². The minimum absolute atomic E-state index is 0.0221. The van der Waals surface area contributed by atoms with E-state index >= 15 is 0 Å². The third-order valence-electron chi connectivity index (χ3n) is 1.23. The molecular weight excluding hydrogens is 228 g/mol. The van der Waals surface area contributed by atoms with E-state index in [0.717, 1.165) is 18.7 Å². The molecule has 5 nitrogen and oxygen atoms in total. The minimum Gasteiger partial charge on any atom is -0.550 e. The third kappa shape index (κ3) is 6.56. The highest BCUT2D eigenvalue weighted by Crippen LogP contribution is 2.29. The van der Waals surface area contributed by atoms with Gasteiger partial charge < -0.3 is 9.90 Å². The SMILES string of the molecule is CC(=O)Sc1ccccc1[N+]#N.CC(=O)[O-]. The quantitative estimate of drug-likeness (QED) is 0.547. The Morgan fingerprint density at radius 1 is 1.31 bits per heavy atom. The second kappa shape index (κ2) is 7.43. The summed E-state index contributed by atoms with van der Waals surface area (Å²) in [6.07, 6.45) is 0. The van der Waals surface area contributed by atoms with Gasteiger partial charge in [0.05, 0.1) is 0 Å². The van der Waals surface area contributed by atoms with Gasteiger partial charge in [-0.05, 0) is 24.8 Å². The Morgan fingerprint density at radius 3 is 2.25 bits per heavy atom. The first-order valence-electron chi connectivity index (χ1n) is 4.27. The number of carbonyl (C=O) groups is 2. The number of carboxylic acid groups (broad SMARTS) is 1. The van der Waals surface area contributed by atoms with Crippen molar-refractivity contribution in [3.8, 4) is 0 Å². The number of nitrogens with zero attached hydrogens (tertiary/aromatic N) is 2. The summed E-state index contributed by atoms with van der Waals surface area (Å²) < 4.78 is 0. The van der Waals surface area contributed by atoms with Gasteiger partial charge in [-0.2, -0.15) is 0 Å². The van der Waals surface area contributed by atoms with Crippen LogP contribution in [0, 0.1) is 5.39 Å². The number of carbonyl (C=O) groups excluding carboxylic acids is 2. The lowest BCUT2D eigenvalue weighted by Gasteiger charge is -1.90. The fourth-order valence-corrected chi connectivity index (χ4v) is 1.45. The van der Waals surface area contributed by atoms with E-state index in [-0.39, 0.29) is 5.12 Å². The molecule has 0 aliphatic heterocycles. The van der Waals surface area contributed by atoms with E-state index in [1.165, 1.54) is 6.92 Å². The highest BCUT2D eigenvalue weighted by molar-refractivity contribution is 8.13. The summed E-state index contributed by atoms with van der Waals surface area (Å²) in [4.78, 5) is 23.3. The summed E-state index contributed by atoms with van der Waals surface area (Å²) >= 11 is 1.06. The fourth-order valence-electron chi connectivity index (χ4n) is 0.781. The maximum absolute atomic E-state index is 10.7. The fraction of sp³-hybridized carbons (Fsp3) is 0.200. The number of aliphatic carboxylic acids is 1. The van der Waals surface area contributed by atoms with Gasteiger partial charge in [0, 0.05) is 19.0 Å². The molecule has 0 amide bonds. The molecule has 6 heteroatoms. The molecule has 1 aromatic rings. The van der Waals surface area contributed by atoms with Crippen LogP contribution in [-0.4, -0.2) is 11.1 Å². The van der Waals surface area contributed by atoms with Gasteiger partial charge in [-0.1, -0.05) is 12.1 Å². The smallest absolute Gasteiger partial charge is 0.398 e. The van der Waals surface area contributed by atoms with Crippen LogP contribution in [0.5, 0.6) is 0 Å². The summed E-state index contributed by atoms with van der Waals surface area (Å²) in [5.74, 6) is -1.08.